The number of hydrogen-bond acceptors (Lipinski definition) is 4. The van der Waals surface area contributed by atoms with Gasteiger partial charge < -0.3 is 14.8 Å². The maximum absolute atomic E-state index is 11.6. The van der Waals surface area contributed by atoms with Crippen molar-refractivity contribution in [3.8, 4) is 0 Å². The molecule has 90 valence electrons. The zero-order valence-electron chi connectivity index (χ0n) is 9.33. The van der Waals surface area contributed by atoms with Gasteiger partial charge in [0.25, 0.3) is 0 Å². The third kappa shape index (κ3) is 2.29. The highest BCUT2D eigenvalue weighted by molar-refractivity contribution is 7.99. The Kier molecular flexibility index (Phi) is 3.38. The highest BCUT2D eigenvalue weighted by Crippen LogP contribution is 2.40. The van der Waals surface area contributed by atoms with Crippen LogP contribution < -0.4 is 5.11 Å². The van der Waals surface area contributed by atoms with Gasteiger partial charge in [-0.15, -0.1) is 11.8 Å². The highest BCUT2D eigenvalue weighted by atomic mass is 32.2. The van der Waals surface area contributed by atoms with Crippen LogP contribution in [0.5, 0.6) is 0 Å². The molecule has 1 fully saturated rings. The van der Waals surface area contributed by atoms with E-state index < -0.39 is 12.0 Å². The lowest BCUT2D eigenvalue weighted by Crippen LogP contribution is -2.48. The SMILES string of the molecule is CC(=O)N1[C@@H](c2ccccc2)SC[C@H]1C(=O)[O-]. The number of carbonyl (C=O) groups is 2. The average Bonchev–Trinajstić information content (AvgIpc) is 2.74. The predicted molar refractivity (Wildman–Crippen MR) is 63.0 cm³/mol. The van der Waals surface area contributed by atoms with Gasteiger partial charge in [-0.05, 0) is 5.56 Å². The fourth-order valence-corrected chi connectivity index (χ4v) is 3.41. The summed E-state index contributed by atoms with van der Waals surface area (Å²) < 4.78 is 0. The summed E-state index contributed by atoms with van der Waals surface area (Å²) in [5.41, 5.74) is 0.941. The molecule has 0 aromatic heterocycles. The molecule has 17 heavy (non-hydrogen) atoms. The number of carbonyl (C=O) groups excluding carboxylic acids is 2. The standard InChI is InChI=1S/C12H13NO3S/c1-8(14)13-10(12(15)16)7-17-11(13)9-5-3-2-4-6-9/h2-6,10-11H,7H2,1H3,(H,15,16)/p-1/t10-,11+/m0/s1. The second-order valence-corrected chi connectivity index (χ2v) is 4.97. The number of hydrogen-bond donors (Lipinski definition) is 0. The average molecular weight is 250 g/mol. The Morgan fingerprint density at radius 1 is 1.35 bits per heavy atom. The van der Waals surface area contributed by atoms with E-state index in [2.05, 4.69) is 0 Å². The van der Waals surface area contributed by atoms with Crippen LogP contribution in [0.1, 0.15) is 17.9 Å². The van der Waals surface area contributed by atoms with E-state index in [0.29, 0.717) is 5.75 Å². The second-order valence-electron chi connectivity index (χ2n) is 3.86. The van der Waals surface area contributed by atoms with E-state index in [-0.39, 0.29) is 11.3 Å². The topological polar surface area (TPSA) is 60.4 Å². The van der Waals surface area contributed by atoms with Gasteiger partial charge in [-0.3, -0.25) is 4.79 Å². The largest absolute Gasteiger partial charge is 0.548 e. The molecule has 1 aliphatic heterocycles. The van der Waals surface area contributed by atoms with Crippen molar-refractivity contribution < 1.29 is 14.7 Å². The molecule has 1 heterocycles. The van der Waals surface area contributed by atoms with Gasteiger partial charge in [0.2, 0.25) is 5.91 Å². The van der Waals surface area contributed by atoms with E-state index in [0.717, 1.165) is 5.56 Å². The van der Waals surface area contributed by atoms with E-state index in [1.807, 2.05) is 30.3 Å². The second kappa shape index (κ2) is 4.79. The van der Waals surface area contributed by atoms with E-state index in [9.17, 15) is 14.7 Å². The Morgan fingerprint density at radius 2 is 2.00 bits per heavy atom. The molecule has 0 saturated carbocycles. The molecular formula is C12H12NO3S-. The number of benzene rings is 1. The van der Waals surface area contributed by atoms with Crippen LogP contribution in [0.15, 0.2) is 30.3 Å². The summed E-state index contributed by atoms with van der Waals surface area (Å²) >= 11 is 1.45. The van der Waals surface area contributed by atoms with Gasteiger partial charge in [0.05, 0.1) is 12.0 Å². The van der Waals surface area contributed by atoms with Gasteiger partial charge >= 0.3 is 0 Å². The van der Waals surface area contributed by atoms with Crippen molar-refractivity contribution in [1.29, 1.82) is 0 Å². The van der Waals surface area contributed by atoms with E-state index in [1.165, 1.54) is 23.6 Å². The molecule has 2 atom stereocenters. The number of amides is 1. The molecule has 1 aromatic carbocycles. The monoisotopic (exact) mass is 250 g/mol. The summed E-state index contributed by atoms with van der Waals surface area (Å²) in [6.45, 7) is 1.39. The smallest absolute Gasteiger partial charge is 0.221 e. The molecule has 0 spiro atoms. The van der Waals surface area contributed by atoms with Crippen LogP contribution in [0.4, 0.5) is 0 Å². The van der Waals surface area contributed by atoms with Crippen LogP contribution in [-0.4, -0.2) is 28.6 Å². The molecule has 1 amide bonds. The Labute approximate surface area is 104 Å². The summed E-state index contributed by atoms with van der Waals surface area (Å²) in [6.07, 6.45) is 0. The Morgan fingerprint density at radius 3 is 2.53 bits per heavy atom. The van der Waals surface area contributed by atoms with Gasteiger partial charge in [0.1, 0.15) is 5.37 Å². The van der Waals surface area contributed by atoms with Crippen molar-refractivity contribution in [1.82, 2.24) is 4.90 Å². The van der Waals surface area contributed by atoms with Crippen molar-refractivity contribution in [2.75, 3.05) is 5.75 Å². The number of nitrogens with zero attached hydrogens (tertiary/aromatic N) is 1. The molecule has 5 heteroatoms. The lowest BCUT2D eigenvalue weighted by Gasteiger charge is -2.28. The Bertz CT molecular complexity index is 435. The lowest BCUT2D eigenvalue weighted by molar-refractivity contribution is -0.310. The zero-order chi connectivity index (χ0) is 12.4. The van der Waals surface area contributed by atoms with Crippen LogP contribution in [0.2, 0.25) is 0 Å². The zero-order valence-corrected chi connectivity index (χ0v) is 10.1. The number of carboxylic acids is 1. The molecule has 0 radical (unpaired) electrons. The minimum Gasteiger partial charge on any atom is -0.548 e. The fraction of sp³-hybridized carbons (Fsp3) is 0.333. The van der Waals surface area contributed by atoms with Crippen LogP contribution in [0, 0.1) is 0 Å². The molecule has 1 saturated heterocycles. The molecule has 1 aliphatic rings. The number of carboxylic acid groups (broad SMARTS) is 1. The first-order valence-electron chi connectivity index (χ1n) is 5.27. The van der Waals surface area contributed by atoms with Gasteiger partial charge in [-0.2, -0.15) is 0 Å². The predicted octanol–water partition coefficient (Wildman–Crippen LogP) is 0.399. The molecule has 2 rings (SSSR count). The molecule has 0 unspecified atom stereocenters. The Hall–Kier alpha value is -1.49. The maximum Gasteiger partial charge on any atom is 0.221 e. The summed E-state index contributed by atoms with van der Waals surface area (Å²) in [7, 11) is 0. The third-order valence-electron chi connectivity index (χ3n) is 2.72. The number of aliphatic carboxylic acids is 1. The van der Waals surface area contributed by atoms with Gasteiger partial charge in [0, 0.05) is 12.7 Å². The minimum absolute atomic E-state index is 0.225. The van der Waals surface area contributed by atoms with Crippen molar-refractivity contribution in [3.05, 3.63) is 35.9 Å². The fourth-order valence-electron chi connectivity index (χ4n) is 1.95. The molecule has 0 bridgehead atoms. The van der Waals surface area contributed by atoms with Crippen LogP contribution in [-0.2, 0) is 9.59 Å². The lowest BCUT2D eigenvalue weighted by atomic mass is 10.2. The van der Waals surface area contributed by atoms with Gasteiger partial charge in [-0.1, -0.05) is 30.3 Å². The Balaban J connectivity index is 2.30. The molecule has 0 aliphatic carbocycles. The van der Waals surface area contributed by atoms with Gasteiger partial charge in [0.15, 0.2) is 0 Å². The highest BCUT2D eigenvalue weighted by Gasteiger charge is 2.37. The molecule has 1 aromatic rings. The normalized spacial score (nSPS) is 23.7. The van der Waals surface area contributed by atoms with Crippen molar-refractivity contribution in [2.45, 2.75) is 18.3 Å². The van der Waals surface area contributed by atoms with E-state index in [1.54, 1.807) is 0 Å². The van der Waals surface area contributed by atoms with Gasteiger partial charge in [-0.25, -0.2) is 0 Å². The first-order valence-corrected chi connectivity index (χ1v) is 6.32. The van der Waals surface area contributed by atoms with Crippen molar-refractivity contribution in [3.63, 3.8) is 0 Å². The van der Waals surface area contributed by atoms with Crippen LogP contribution in [0.25, 0.3) is 0 Å². The summed E-state index contributed by atoms with van der Waals surface area (Å²) in [5.74, 6) is -1.05. The van der Waals surface area contributed by atoms with Crippen molar-refractivity contribution >= 4 is 23.6 Å². The summed E-state index contributed by atoms with van der Waals surface area (Å²) in [4.78, 5) is 23.9. The number of thioether (sulfide) groups is 1. The first kappa shape index (κ1) is 12.0. The minimum atomic E-state index is -1.19. The van der Waals surface area contributed by atoms with E-state index in [4.69, 9.17) is 0 Å². The summed E-state index contributed by atoms with van der Waals surface area (Å²) in [5, 5.41) is 10.7. The van der Waals surface area contributed by atoms with Crippen LogP contribution in [0.3, 0.4) is 0 Å². The quantitative estimate of drug-likeness (QED) is 0.762. The first-order chi connectivity index (χ1) is 8.11. The molecule has 4 nitrogen and oxygen atoms in total. The maximum atomic E-state index is 11.6. The third-order valence-corrected chi connectivity index (χ3v) is 4.04. The van der Waals surface area contributed by atoms with Crippen molar-refractivity contribution in [2.24, 2.45) is 0 Å². The van der Waals surface area contributed by atoms with Crippen LogP contribution >= 0.6 is 11.8 Å². The summed E-state index contributed by atoms with van der Waals surface area (Å²) in [6, 6.07) is 8.59. The molecule has 0 N–H and O–H groups in total. The van der Waals surface area contributed by atoms with E-state index >= 15 is 0 Å². The number of rotatable bonds is 2. The molecular weight excluding hydrogens is 238 g/mol.